The molecule has 0 spiro atoms. The zero-order chi connectivity index (χ0) is 23.4. The molecule has 0 amide bonds. The molecule has 3 heteroatoms. The summed E-state index contributed by atoms with van der Waals surface area (Å²) in [5.41, 5.74) is 9.79. The molecule has 0 aromatic heterocycles. The summed E-state index contributed by atoms with van der Waals surface area (Å²) in [7, 11) is 0. The van der Waals surface area contributed by atoms with Crippen LogP contribution in [0, 0.1) is 17.8 Å². The Kier molecular flexibility index (Phi) is 4.61. The van der Waals surface area contributed by atoms with Crippen molar-refractivity contribution in [1.29, 1.82) is 0 Å². The molecule has 2 aromatic carbocycles. The molecule has 10 aliphatic rings. The van der Waals surface area contributed by atoms with Crippen LogP contribution in [0.2, 0.25) is 0 Å². The molecule has 1 N–H and O–H groups in total. The number of hydrogen-bond acceptors (Lipinski definition) is 3. The van der Waals surface area contributed by atoms with Crippen molar-refractivity contribution in [2.75, 3.05) is 18.9 Å². The maximum Gasteiger partial charge on any atom is 0.0649 e. The van der Waals surface area contributed by atoms with Gasteiger partial charge in [-0.25, -0.2) is 0 Å². The van der Waals surface area contributed by atoms with Crippen LogP contribution in [0.4, 0.5) is 0 Å². The Labute approximate surface area is 219 Å². The average molecular weight is 494 g/mol. The van der Waals surface area contributed by atoms with Gasteiger partial charge in [0.25, 0.3) is 0 Å². The summed E-state index contributed by atoms with van der Waals surface area (Å²) in [6.45, 7) is 2.12. The first-order chi connectivity index (χ1) is 17.8. The molecule has 2 nitrogen and oxygen atoms in total. The fourth-order valence-corrected chi connectivity index (χ4v) is 11.0. The predicted octanol–water partition coefficient (Wildman–Crippen LogP) is 7.13. The normalized spacial score (nSPS) is 42.8. The SMILES string of the molecule is C1=CC2C3CC(c4ccc5c(c4)C4CS[C@H]5C(c5ccc6c(c5)C5CCC6CN5)C4)C(CO3)C2C=C1. The quantitative estimate of drug-likeness (QED) is 0.481. The molecule has 12 rings (SSSR count). The number of nitrogens with one attached hydrogen (secondary N) is 1. The van der Waals surface area contributed by atoms with Crippen LogP contribution < -0.4 is 5.32 Å². The number of piperidine rings is 1. The van der Waals surface area contributed by atoms with Crippen molar-refractivity contribution in [3.05, 3.63) is 94.1 Å². The summed E-state index contributed by atoms with van der Waals surface area (Å²) in [5.74, 6) is 5.94. The Hall–Kier alpha value is -1.81. The average Bonchev–Trinajstić information content (AvgIpc) is 2.98. The van der Waals surface area contributed by atoms with Gasteiger partial charge in [-0.1, -0.05) is 60.7 Å². The first-order valence-corrected chi connectivity index (χ1v) is 15.5. The van der Waals surface area contributed by atoms with Crippen LogP contribution in [0.5, 0.6) is 0 Å². The van der Waals surface area contributed by atoms with Gasteiger partial charge in [-0.3, -0.25) is 0 Å². The summed E-state index contributed by atoms with van der Waals surface area (Å²) in [5, 5.41) is 4.42. The van der Waals surface area contributed by atoms with Gasteiger partial charge in [0.15, 0.2) is 0 Å². The van der Waals surface area contributed by atoms with Crippen molar-refractivity contribution in [2.45, 2.75) is 66.8 Å². The predicted molar refractivity (Wildman–Crippen MR) is 147 cm³/mol. The minimum absolute atomic E-state index is 0.396. The molecule has 1 saturated carbocycles. The summed E-state index contributed by atoms with van der Waals surface area (Å²) in [6, 6.07) is 15.9. The van der Waals surface area contributed by atoms with Gasteiger partial charge >= 0.3 is 0 Å². The maximum atomic E-state index is 6.29. The maximum absolute atomic E-state index is 6.29. The van der Waals surface area contributed by atoms with Crippen LogP contribution in [0.3, 0.4) is 0 Å². The molecule has 2 aromatic rings. The third kappa shape index (κ3) is 2.94. The van der Waals surface area contributed by atoms with E-state index < -0.39 is 0 Å². The van der Waals surface area contributed by atoms with Crippen LogP contribution in [0.25, 0.3) is 0 Å². The van der Waals surface area contributed by atoms with Gasteiger partial charge in [-0.2, -0.15) is 11.8 Å². The number of hydrogen-bond donors (Lipinski definition) is 1. The highest BCUT2D eigenvalue weighted by Gasteiger charge is 2.49. The second-order valence-corrected chi connectivity index (χ2v) is 13.8. The van der Waals surface area contributed by atoms with Crippen LogP contribution in [0.15, 0.2) is 60.7 Å². The van der Waals surface area contributed by atoms with E-state index in [1.807, 2.05) is 0 Å². The van der Waals surface area contributed by atoms with Crippen molar-refractivity contribution in [3.8, 4) is 0 Å². The monoisotopic (exact) mass is 493 g/mol. The standard InChI is InChI=1S/C33H35NOS/c1-2-4-24-23(3-1)30-16-35-32(24)14-27(30)18-6-9-25-26(11-18)21-13-28(33(25)36-17-21)19-5-8-22-20-7-10-31(34-15-20)29(22)12-19/h1-6,8-9,11-12,20-21,23-24,27-28,30-34H,7,10,13-17H2/t20?,21?,23?,24?,27?,28?,30?,31?,32?,33-/m1/s1. The number of benzene rings is 2. The van der Waals surface area contributed by atoms with E-state index in [0.717, 1.165) is 12.5 Å². The van der Waals surface area contributed by atoms with E-state index >= 15 is 0 Å². The Morgan fingerprint density at radius 3 is 2.50 bits per heavy atom. The third-order valence-electron chi connectivity index (χ3n) is 11.1. The Balaban J connectivity index is 1.04. The van der Waals surface area contributed by atoms with Crippen molar-refractivity contribution >= 4 is 11.8 Å². The molecule has 4 aliphatic carbocycles. The van der Waals surface area contributed by atoms with Crippen molar-refractivity contribution in [1.82, 2.24) is 5.32 Å². The van der Waals surface area contributed by atoms with E-state index in [2.05, 4.69) is 77.8 Å². The number of allylic oxidation sites excluding steroid dienone is 3. The highest BCUT2D eigenvalue weighted by molar-refractivity contribution is 7.99. The van der Waals surface area contributed by atoms with Gasteiger partial charge in [-0.15, -0.1) is 0 Å². The fraction of sp³-hybridized carbons (Fsp3) is 0.515. The highest BCUT2D eigenvalue weighted by atomic mass is 32.2. The number of fused-ring (bicyclic) bond motifs is 6. The minimum Gasteiger partial charge on any atom is -0.377 e. The molecule has 184 valence electrons. The number of rotatable bonds is 2. The molecule has 5 fully saturated rings. The van der Waals surface area contributed by atoms with Crippen LogP contribution in [-0.2, 0) is 4.74 Å². The summed E-state index contributed by atoms with van der Waals surface area (Å²) >= 11 is 2.23. The lowest BCUT2D eigenvalue weighted by molar-refractivity contribution is -0.120. The van der Waals surface area contributed by atoms with E-state index in [4.69, 9.17) is 4.74 Å². The van der Waals surface area contributed by atoms with E-state index in [1.54, 1.807) is 33.4 Å². The van der Waals surface area contributed by atoms with Gasteiger partial charge in [-0.05, 0) is 88.7 Å². The molecular formula is C33H35NOS. The second kappa shape index (κ2) is 7.85. The topological polar surface area (TPSA) is 21.3 Å². The summed E-state index contributed by atoms with van der Waals surface area (Å²) < 4.78 is 6.29. The fourth-order valence-electron chi connectivity index (χ4n) is 9.31. The Morgan fingerprint density at radius 1 is 0.778 bits per heavy atom. The largest absolute Gasteiger partial charge is 0.377 e. The molecule has 4 saturated heterocycles. The summed E-state index contributed by atoms with van der Waals surface area (Å²) in [4.78, 5) is 0. The van der Waals surface area contributed by atoms with Crippen LogP contribution in [-0.4, -0.2) is 25.0 Å². The van der Waals surface area contributed by atoms with E-state index in [9.17, 15) is 0 Å². The van der Waals surface area contributed by atoms with Gasteiger partial charge < -0.3 is 10.1 Å². The Bertz CT molecular complexity index is 1290. The van der Waals surface area contributed by atoms with Crippen molar-refractivity contribution in [2.24, 2.45) is 17.8 Å². The van der Waals surface area contributed by atoms with Gasteiger partial charge in [0.2, 0.25) is 0 Å². The highest BCUT2D eigenvalue weighted by Crippen LogP contribution is 2.60. The first kappa shape index (κ1) is 21.2. The molecule has 9 unspecified atom stereocenters. The zero-order valence-electron chi connectivity index (χ0n) is 20.8. The first-order valence-electron chi connectivity index (χ1n) is 14.4. The van der Waals surface area contributed by atoms with Gasteiger partial charge in [0.05, 0.1) is 12.7 Å². The molecule has 6 heterocycles. The molecule has 36 heavy (non-hydrogen) atoms. The van der Waals surface area contributed by atoms with Crippen molar-refractivity contribution < 1.29 is 4.74 Å². The van der Waals surface area contributed by atoms with Gasteiger partial charge in [0.1, 0.15) is 0 Å². The van der Waals surface area contributed by atoms with Crippen LogP contribution in [0.1, 0.15) is 94.0 Å². The molecular weight excluding hydrogens is 458 g/mol. The smallest absolute Gasteiger partial charge is 0.0649 e. The second-order valence-electron chi connectivity index (χ2n) is 12.6. The third-order valence-corrected chi connectivity index (χ3v) is 12.6. The van der Waals surface area contributed by atoms with E-state index in [1.165, 1.54) is 38.0 Å². The van der Waals surface area contributed by atoms with E-state index in [0.29, 0.717) is 52.9 Å². The van der Waals surface area contributed by atoms with Crippen LogP contribution >= 0.6 is 11.8 Å². The minimum atomic E-state index is 0.396. The van der Waals surface area contributed by atoms with Crippen molar-refractivity contribution in [3.63, 3.8) is 0 Å². The number of thioether (sulfide) groups is 1. The molecule has 6 bridgehead atoms. The lowest BCUT2D eigenvalue weighted by atomic mass is 9.60. The molecule has 10 atom stereocenters. The molecule has 6 aliphatic heterocycles. The molecule has 0 radical (unpaired) electrons. The van der Waals surface area contributed by atoms with Gasteiger partial charge in [0, 0.05) is 35.4 Å². The Morgan fingerprint density at radius 2 is 1.61 bits per heavy atom. The number of ether oxygens (including phenoxy) is 1. The lowest BCUT2D eigenvalue weighted by Crippen LogP contribution is -2.50. The summed E-state index contributed by atoms with van der Waals surface area (Å²) in [6.07, 6.45) is 15.0. The lowest BCUT2D eigenvalue weighted by Gasteiger charge is -2.52. The zero-order valence-corrected chi connectivity index (χ0v) is 21.6. The van der Waals surface area contributed by atoms with E-state index in [-0.39, 0.29) is 0 Å².